The Morgan fingerprint density at radius 1 is 1.09 bits per heavy atom. The molecule has 0 saturated carbocycles. The van der Waals surface area contributed by atoms with Crippen molar-refractivity contribution >= 4 is 28.5 Å². The number of rotatable bonds is 4. The molecule has 1 amide bonds. The predicted octanol–water partition coefficient (Wildman–Crippen LogP) is 2.20. The average molecular weight is 405 g/mol. The van der Waals surface area contributed by atoms with Gasteiger partial charge in [-0.05, 0) is 57.3 Å². The van der Waals surface area contributed by atoms with Crippen molar-refractivity contribution in [2.24, 2.45) is 0 Å². The van der Waals surface area contributed by atoms with Crippen LogP contribution in [0.3, 0.4) is 0 Å². The van der Waals surface area contributed by atoms with Crippen molar-refractivity contribution in [1.82, 2.24) is 25.5 Å². The molecule has 6 nitrogen and oxygen atoms in total. The highest BCUT2D eigenvalue weighted by molar-refractivity contribution is 14.1. The molecule has 1 N–H and O–H groups in total. The highest BCUT2D eigenvalue weighted by Gasteiger charge is 2.12. The van der Waals surface area contributed by atoms with Gasteiger partial charge in [0.25, 0.3) is 5.91 Å². The van der Waals surface area contributed by atoms with Gasteiger partial charge in [-0.2, -0.15) is 4.68 Å². The molecule has 0 bridgehead atoms. The molecule has 0 atom stereocenters. The van der Waals surface area contributed by atoms with Crippen LogP contribution in [0.4, 0.5) is 0 Å². The van der Waals surface area contributed by atoms with E-state index in [1.54, 1.807) is 10.7 Å². The number of nitrogens with one attached hydrogen (secondary N) is 1. The molecule has 22 heavy (non-hydrogen) atoms. The van der Waals surface area contributed by atoms with E-state index < -0.39 is 0 Å². The third kappa shape index (κ3) is 3.14. The Balaban J connectivity index is 1.75. The number of amides is 1. The van der Waals surface area contributed by atoms with Crippen molar-refractivity contribution in [1.29, 1.82) is 0 Å². The molecule has 0 aliphatic heterocycles. The maximum Gasteiger partial charge on any atom is 0.252 e. The molecule has 3 rings (SSSR count). The van der Waals surface area contributed by atoms with Crippen molar-refractivity contribution in [3.05, 3.63) is 69.6 Å². The summed E-state index contributed by atoms with van der Waals surface area (Å²) in [7, 11) is 0. The molecule has 0 spiro atoms. The SMILES string of the molecule is O=C(NCc1nnnn1-c1ccccc1)c1ccccc1I. The summed E-state index contributed by atoms with van der Waals surface area (Å²) < 4.78 is 2.51. The van der Waals surface area contributed by atoms with Crippen molar-refractivity contribution in [2.75, 3.05) is 0 Å². The lowest BCUT2D eigenvalue weighted by molar-refractivity contribution is 0.0948. The Labute approximate surface area is 140 Å². The van der Waals surface area contributed by atoms with Crippen molar-refractivity contribution in [3.8, 4) is 5.69 Å². The first-order chi connectivity index (χ1) is 10.8. The summed E-state index contributed by atoms with van der Waals surface area (Å²) in [5.41, 5.74) is 1.49. The van der Waals surface area contributed by atoms with Crippen LogP contribution < -0.4 is 5.32 Å². The van der Waals surface area contributed by atoms with Gasteiger partial charge in [0.15, 0.2) is 5.82 Å². The van der Waals surface area contributed by atoms with Crippen LogP contribution in [0.1, 0.15) is 16.2 Å². The molecule has 1 heterocycles. The summed E-state index contributed by atoms with van der Waals surface area (Å²) in [6, 6.07) is 17.0. The largest absolute Gasteiger partial charge is 0.345 e. The van der Waals surface area contributed by atoms with E-state index in [9.17, 15) is 4.79 Å². The summed E-state index contributed by atoms with van der Waals surface area (Å²) in [5.74, 6) is 0.429. The van der Waals surface area contributed by atoms with Gasteiger partial charge in [-0.3, -0.25) is 4.79 Å². The highest BCUT2D eigenvalue weighted by Crippen LogP contribution is 2.11. The third-order valence-corrected chi connectivity index (χ3v) is 4.00. The molecule has 110 valence electrons. The van der Waals surface area contributed by atoms with Crippen molar-refractivity contribution < 1.29 is 4.79 Å². The summed E-state index contributed by atoms with van der Waals surface area (Å²) in [6.45, 7) is 0.256. The zero-order valence-corrected chi connectivity index (χ0v) is 13.6. The normalized spacial score (nSPS) is 10.4. The van der Waals surface area contributed by atoms with E-state index in [1.807, 2.05) is 48.5 Å². The Hall–Kier alpha value is -2.29. The topological polar surface area (TPSA) is 72.7 Å². The van der Waals surface area contributed by atoms with Gasteiger partial charge in [-0.15, -0.1) is 5.10 Å². The molecule has 0 unspecified atom stereocenters. The van der Waals surface area contributed by atoms with Crippen LogP contribution in [0, 0.1) is 3.57 Å². The monoisotopic (exact) mass is 405 g/mol. The van der Waals surface area contributed by atoms with Crippen LogP contribution in [-0.4, -0.2) is 26.1 Å². The second-order valence-corrected chi connectivity index (χ2v) is 5.67. The van der Waals surface area contributed by atoms with Crippen LogP contribution in [0.5, 0.6) is 0 Å². The molecule has 0 aliphatic rings. The van der Waals surface area contributed by atoms with Gasteiger partial charge in [-0.25, -0.2) is 0 Å². The fraction of sp³-hybridized carbons (Fsp3) is 0.0667. The molecule has 2 aromatic carbocycles. The number of carbonyl (C=O) groups excluding carboxylic acids is 1. The van der Waals surface area contributed by atoms with Crippen LogP contribution in [0.2, 0.25) is 0 Å². The molecule has 0 saturated heterocycles. The lowest BCUT2D eigenvalue weighted by Gasteiger charge is -2.07. The van der Waals surface area contributed by atoms with Gasteiger partial charge < -0.3 is 5.32 Å². The summed E-state index contributed by atoms with van der Waals surface area (Å²) in [5, 5.41) is 14.4. The van der Waals surface area contributed by atoms with Gasteiger partial charge in [0.2, 0.25) is 0 Å². The zero-order chi connectivity index (χ0) is 15.4. The molecule has 1 aromatic heterocycles. The molecular formula is C15H12IN5O. The van der Waals surface area contributed by atoms with Gasteiger partial charge in [0.1, 0.15) is 0 Å². The number of carbonyl (C=O) groups is 1. The van der Waals surface area contributed by atoms with E-state index in [-0.39, 0.29) is 12.5 Å². The van der Waals surface area contributed by atoms with Crippen LogP contribution in [0.15, 0.2) is 54.6 Å². The molecule has 0 radical (unpaired) electrons. The van der Waals surface area contributed by atoms with E-state index in [2.05, 4.69) is 43.4 Å². The molecule has 0 fully saturated rings. The Bertz CT molecular complexity index is 787. The molecule has 0 aliphatic carbocycles. The number of nitrogens with zero attached hydrogens (tertiary/aromatic N) is 4. The van der Waals surface area contributed by atoms with Gasteiger partial charge in [0, 0.05) is 3.57 Å². The number of hydrogen-bond donors (Lipinski definition) is 1. The highest BCUT2D eigenvalue weighted by atomic mass is 127. The average Bonchev–Trinajstić information content (AvgIpc) is 3.02. The fourth-order valence-corrected chi connectivity index (χ4v) is 2.62. The van der Waals surface area contributed by atoms with Gasteiger partial charge in [0.05, 0.1) is 17.8 Å². The number of para-hydroxylation sites is 1. The second kappa shape index (κ2) is 6.65. The molecule has 3 aromatic rings. The summed E-state index contributed by atoms with van der Waals surface area (Å²) in [6.07, 6.45) is 0. The third-order valence-electron chi connectivity index (χ3n) is 3.06. The molecule has 7 heteroatoms. The summed E-state index contributed by atoms with van der Waals surface area (Å²) in [4.78, 5) is 12.2. The minimum atomic E-state index is -0.146. The van der Waals surface area contributed by atoms with Crippen LogP contribution >= 0.6 is 22.6 Å². The van der Waals surface area contributed by atoms with Crippen LogP contribution in [-0.2, 0) is 6.54 Å². The minimum Gasteiger partial charge on any atom is -0.345 e. The number of aromatic nitrogens is 4. The smallest absolute Gasteiger partial charge is 0.252 e. The quantitative estimate of drug-likeness (QED) is 0.676. The van der Waals surface area contributed by atoms with Gasteiger partial charge in [-0.1, -0.05) is 30.3 Å². The Kier molecular flexibility index (Phi) is 4.42. The lowest BCUT2D eigenvalue weighted by Crippen LogP contribution is -2.25. The standard InChI is InChI=1S/C15H12IN5O/c16-13-9-5-4-8-12(13)15(22)17-10-14-18-19-20-21(14)11-6-2-1-3-7-11/h1-9H,10H2,(H,17,22). The predicted molar refractivity (Wildman–Crippen MR) is 89.5 cm³/mol. The Morgan fingerprint density at radius 2 is 1.82 bits per heavy atom. The number of hydrogen-bond acceptors (Lipinski definition) is 4. The first-order valence-electron chi connectivity index (χ1n) is 6.61. The molecular weight excluding hydrogens is 393 g/mol. The second-order valence-electron chi connectivity index (χ2n) is 4.50. The maximum absolute atomic E-state index is 12.2. The first-order valence-corrected chi connectivity index (χ1v) is 7.69. The Morgan fingerprint density at radius 3 is 2.59 bits per heavy atom. The number of halogens is 1. The minimum absolute atomic E-state index is 0.146. The van der Waals surface area contributed by atoms with E-state index in [1.165, 1.54) is 0 Å². The van der Waals surface area contributed by atoms with Crippen molar-refractivity contribution in [3.63, 3.8) is 0 Å². The maximum atomic E-state index is 12.2. The fourth-order valence-electron chi connectivity index (χ4n) is 1.99. The van der Waals surface area contributed by atoms with E-state index >= 15 is 0 Å². The van der Waals surface area contributed by atoms with Crippen LogP contribution in [0.25, 0.3) is 5.69 Å². The number of benzene rings is 2. The lowest BCUT2D eigenvalue weighted by atomic mass is 10.2. The van der Waals surface area contributed by atoms with E-state index in [4.69, 9.17) is 0 Å². The number of tetrazole rings is 1. The van der Waals surface area contributed by atoms with Crippen molar-refractivity contribution in [2.45, 2.75) is 6.54 Å². The van der Waals surface area contributed by atoms with E-state index in [0.717, 1.165) is 9.26 Å². The first kappa shape index (κ1) is 14.6. The zero-order valence-electron chi connectivity index (χ0n) is 11.5. The summed E-state index contributed by atoms with van der Waals surface area (Å²) >= 11 is 2.14. The van der Waals surface area contributed by atoms with E-state index in [0.29, 0.717) is 11.4 Å². The van der Waals surface area contributed by atoms with Gasteiger partial charge >= 0.3 is 0 Å².